The minimum absolute atomic E-state index is 0.158. The van der Waals surface area contributed by atoms with E-state index in [1.54, 1.807) is 24.9 Å². The summed E-state index contributed by atoms with van der Waals surface area (Å²) in [5, 5.41) is 3.70. The van der Waals surface area contributed by atoms with Crippen LogP contribution in [0.15, 0.2) is 40.9 Å². The number of benzene rings is 1. The summed E-state index contributed by atoms with van der Waals surface area (Å²) >= 11 is 0. The van der Waals surface area contributed by atoms with Crippen molar-refractivity contribution in [1.82, 2.24) is 10.1 Å². The van der Waals surface area contributed by atoms with Gasteiger partial charge in [-0.05, 0) is 12.5 Å². The third kappa shape index (κ3) is 2.72. The largest absolute Gasteiger partial charge is 0.351 e. The lowest BCUT2D eigenvalue weighted by atomic mass is 10.2. The minimum Gasteiger partial charge on any atom is -0.351 e. The van der Waals surface area contributed by atoms with Crippen LogP contribution in [0.4, 0.5) is 0 Å². The van der Waals surface area contributed by atoms with E-state index >= 15 is 0 Å². The lowest BCUT2D eigenvalue weighted by Crippen LogP contribution is -2.25. The molecule has 4 nitrogen and oxygen atoms in total. The van der Waals surface area contributed by atoms with Gasteiger partial charge in [0.25, 0.3) is 5.91 Å². The number of aryl methyl sites for hydroxylation is 1. The molecule has 0 fully saturated rings. The average Bonchev–Trinajstić information content (AvgIpc) is 2.76. The van der Waals surface area contributed by atoms with Crippen LogP contribution in [0.2, 0.25) is 0 Å². The van der Waals surface area contributed by atoms with Crippen LogP contribution >= 0.6 is 0 Å². The summed E-state index contributed by atoms with van der Waals surface area (Å²) in [5.41, 5.74) is 1.79. The molecule has 0 unspecified atom stereocenters. The van der Waals surface area contributed by atoms with Crippen LogP contribution in [0.3, 0.4) is 0 Å². The standard InChI is InChI=1S/C13H14N2O2/c1-10-8-12(17-14-10)13(16)15(2)9-11-6-4-3-5-7-11/h3-8H,9H2,1-2H3. The highest BCUT2D eigenvalue weighted by Crippen LogP contribution is 2.09. The molecule has 0 aliphatic rings. The van der Waals surface area contributed by atoms with Gasteiger partial charge in [-0.1, -0.05) is 35.5 Å². The lowest BCUT2D eigenvalue weighted by molar-refractivity contribution is 0.0743. The Morgan fingerprint density at radius 2 is 2.06 bits per heavy atom. The number of aromatic nitrogens is 1. The second-order valence-corrected chi connectivity index (χ2v) is 3.98. The zero-order valence-electron chi connectivity index (χ0n) is 9.88. The predicted octanol–water partition coefficient (Wildman–Crippen LogP) is 2.26. The third-order valence-corrected chi connectivity index (χ3v) is 2.45. The Bertz CT molecular complexity index is 505. The van der Waals surface area contributed by atoms with Crippen molar-refractivity contribution >= 4 is 5.91 Å². The van der Waals surface area contributed by atoms with Crippen LogP contribution in [-0.2, 0) is 6.54 Å². The van der Waals surface area contributed by atoms with Crippen molar-refractivity contribution < 1.29 is 9.32 Å². The van der Waals surface area contributed by atoms with Crippen molar-refractivity contribution in [2.45, 2.75) is 13.5 Å². The van der Waals surface area contributed by atoms with E-state index in [0.29, 0.717) is 12.2 Å². The molecular weight excluding hydrogens is 216 g/mol. The van der Waals surface area contributed by atoms with E-state index in [1.807, 2.05) is 30.3 Å². The maximum Gasteiger partial charge on any atom is 0.292 e. The van der Waals surface area contributed by atoms with Crippen molar-refractivity contribution in [3.05, 3.63) is 53.4 Å². The number of amides is 1. The van der Waals surface area contributed by atoms with Gasteiger partial charge >= 0.3 is 0 Å². The van der Waals surface area contributed by atoms with E-state index in [4.69, 9.17) is 4.52 Å². The molecule has 0 aliphatic carbocycles. The Kier molecular flexibility index (Phi) is 3.23. The molecule has 0 saturated heterocycles. The monoisotopic (exact) mass is 230 g/mol. The molecule has 0 spiro atoms. The van der Waals surface area contributed by atoms with Gasteiger partial charge in [-0.3, -0.25) is 4.79 Å². The first-order chi connectivity index (χ1) is 8.16. The van der Waals surface area contributed by atoms with E-state index in [9.17, 15) is 4.79 Å². The molecule has 0 aliphatic heterocycles. The summed E-state index contributed by atoms with van der Waals surface area (Å²) in [6, 6.07) is 11.5. The summed E-state index contributed by atoms with van der Waals surface area (Å²) in [7, 11) is 1.74. The molecule has 1 amide bonds. The van der Waals surface area contributed by atoms with E-state index < -0.39 is 0 Å². The van der Waals surface area contributed by atoms with Gasteiger partial charge in [0.05, 0.1) is 5.69 Å². The molecule has 1 aromatic carbocycles. The summed E-state index contributed by atoms with van der Waals surface area (Å²) in [4.78, 5) is 13.6. The van der Waals surface area contributed by atoms with Gasteiger partial charge in [-0.25, -0.2) is 0 Å². The topological polar surface area (TPSA) is 46.3 Å². The third-order valence-electron chi connectivity index (χ3n) is 2.45. The summed E-state index contributed by atoms with van der Waals surface area (Å²) in [6.07, 6.45) is 0. The quantitative estimate of drug-likeness (QED) is 0.812. The molecule has 0 N–H and O–H groups in total. The Balaban J connectivity index is 2.06. The van der Waals surface area contributed by atoms with Gasteiger partial charge in [0.2, 0.25) is 5.76 Å². The number of carbonyl (C=O) groups is 1. The number of hydrogen-bond acceptors (Lipinski definition) is 3. The molecule has 0 bridgehead atoms. The molecule has 0 radical (unpaired) electrons. The molecule has 0 atom stereocenters. The highest BCUT2D eigenvalue weighted by molar-refractivity contribution is 5.91. The molecule has 2 aromatic rings. The SMILES string of the molecule is Cc1cc(C(=O)N(C)Cc2ccccc2)on1. The molecule has 2 rings (SSSR count). The fraction of sp³-hybridized carbons (Fsp3) is 0.231. The van der Waals surface area contributed by atoms with Crippen molar-refractivity contribution in [2.24, 2.45) is 0 Å². The maximum atomic E-state index is 12.0. The molecule has 4 heteroatoms. The van der Waals surface area contributed by atoms with Gasteiger partial charge in [-0.15, -0.1) is 0 Å². The van der Waals surface area contributed by atoms with E-state index in [-0.39, 0.29) is 11.7 Å². The van der Waals surface area contributed by atoms with E-state index in [2.05, 4.69) is 5.16 Å². The predicted molar refractivity (Wildman–Crippen MR) is 63.5 cm³/mol. The molecule has 17 heavy (non-hydrogen) atoms. The molecule has 0 saturated carbocycles. The van der Waals surface area contributed by atoms with Crippen LogP contribution in [-0.4, -0.2) is 23.0 Å². The Morgan fingerprint density at radius 3 is 2.65 bits per heavy atom. The Morgan fingerprint density at radius 1 is 1.35 bits per heavy atom. The van der Waals surface area contributed by atoms with Gasteiger partial charge in [0, 0.05) is 19.7 Å². The van der Waals surface area contributed by atoms with Crippen molar-refractivity contribution in [1.29, 1.82) is 0 Å². The van der Waals surface area contributed by atoms with Crippen LogP contribution < -0.4 is 0 Å². The number of carbonyl (C=O) groups excluding carboxylic acids is 1. The molecular formula is C13H14N2O2. The Hall–Kier alpha value is -2.10. The number of rotatable bonds is 3. The van der Waals surface area contributed by atoms with E-state index in [0.717, 1.165) is 5.56 Å². The Labute approximate surface area is 99.8 Å². The summed E-state index contributed by atoms with van der Waals surface area (Å²) in [6.45, 7) is 2.34. The van der Waals surface area contributed by atoms with Gasteiger partial charge in [0.15, 0.2) is 0 Å². The van der Waals surface area contributed by atoms with Gasteiger partial charge in [0.1, 0.15) is 0 Å². The first-order valence-electron chi connectivity index (χ1n) is 5.39. The highest BCUT2D eigenvalue weighted by atomic mass is 16.5. The first-order valence-corrected chi connectivity index (χ1v) is 5.39. The van der Waals surface area contributed by atoms with Crippen molar-refractivity contribution in [3.8, 4) is 0 Å². The lowest BCUT2D eigenvalue weighted by Gasteiger charge is -2.15. The number of nitrogens with zero attached hydrogens (tertiary/aromatic N) is 2. The second-order valence-electron chi connectivity index (χ2n) is 3.98. The maximum absolute atomic E-state index is 12.0. The van der Waals surface area contributed by atoms with Gasteiger partial charge in [-0.2, -0.15) is 0 Å². The molecule has 1 aromatic heterocycles. The smallest absolute Gasteiger partial charge is 0.292 e. The van der Waals surface area contributed by atoms with Crippen LogP contribution in [0.1, 0.15) is 21.8 Å². The van der Waals surface area contributed by atoms with Crippen LogP contribution in [0.25, 0.3) is 0 Å². The first kappa shape index (κ1) is 11.4. The van der Waals surface area contributed by atoms with Crippen molar-refractivity contribution in [3.63, 3.8) is 0 Å². The molecule has 1 heterocycles. The molecule has 88 valence electrons. The zero-order valence-corrected chi connectivity index (χ0v) is 9.88. The van der Waals surface area contributed by atoms with E-state index in [1.165, 1.54) is 0 Å². The highest BCUT2D eigenvalue weighted by Gasteiger charge is 2.16. The second kappa shape index (κ2) is 4.82. The normalized spacial score (nSPS) is 10.2. The average molecular weight is 230 g/mol. The zero-order chi connectivity index (χ0) is 12.3. The van der Waals surface area contributed by atoms with Gasteiger partial charge < -0.3 is 9.42 Å². The summed E-state index contributed by atoms with van der Waals surface area (Å²) < 4.78 is 4.94. The minimum atomic E-state index is -0.158. The van der Waals surface area contributed by atoms with Crippen molar-refractivity contribution in [2.75, 3.05) is 7.05 Å². The summed E-state index contributed by atoms with van der Waals surface area (Å²) in [5.74, 6) is 0.121. The number of hydrogen-bond donors (Lipinski definition) is 0. The fourth-order valence-corrected chi connectivity index (χ4v) is 1.58. The van der Waals surface area contributed by atoms with Crippen LogP contribution in [0.5, 0.6) is 0 Å². The van der Waals surface area contributed by atoms with Crippen LogP contribution in [0, 0.1) is 6.92 Å². The fourth-order valence-electron chi connectivity index (χ4n) is 1.58.